The van der Waals surface area contributed by atoms with Crippen molar-refractivity contribution in [2.75, 3.05) is 13.4 Å². The van der Waals surface area contributed by atoms with Crippen molar-refractivity contribution in [2.45, 2.75) is 13.1 Å². The van der Waals surface area contributed by atoms with Gasteiger partial charge < -0.3 is 19.5 Å². The van der Waals surface area contributed by atoms with E-state index in [-0.39, 0.29) is 5.46 Å². The molecule has 0 saturated heterocycles. The lowest BCUT2D eigenvalue weighted by atomic mass is 9.79. The Balaban J connectivity index is 2.48. The van der Waals surface area contributed by atoms with Crippen molar-refractivity contribution in [1.82, 2.24) is 0 Å². The molecule has 0 spiro atoms. The second-order valence-corrected chi connectivity index (χ2v) is 3.62. The van der Waals surface area contributed by atoms with Crippen LogP contribution in [-0.2, 0) is 4.74 Å². The summed E-state index contributed by atoms with van der Waals surface area (Å²) in [6.45, 7) is -0.272. The Morgan fingerprint density at radius 1 is 1.28 bits per heavy atom. The van der Waals surface area contributed by atoms with Crippen molar-refractivity contribution in [2.24, 2.45) is 0 Å². The number of aryl methyl sites for hydroxylation is 1. The average molecular weight is 264 g/mol. The van der Waals surface area contributed by atoms with Gasteiger partial charge in [-0.2, -0.15) is 13.2 Å². The van der Waals surface area contributed by atoms with Crippen LogP contribution in [0.25, 0.3) is 0 Å². The lowest BCUT2D eigenvalue weighted by molar-refractivity contribution is -0.186. The first-order valence-corrected chi connectivity index (χ1v) is 5.03. The molecule has 0 aliphatic heterocycles. The van der Waals surface area contributed by atoms with Crippen molar-refractivity contribution in [3.63, 3.8) is 0 Å². The summed E-state index contributed by atoms with van der Waals surface area (Å²) in [4.78, 5) is 0. The van der Waals surface area contributed by atoms with Crippen LogP contribution in [-0.4, -0.2) is 36.7 Å². The first-order chi connectivity index (χ1) is 8.29. The predicted octanol–water partition coefficient (Wildman–Crippen LogP) is 0.590. The first kappa shape index (κ1) is 14.8. The maximum atomic E-state index is 11.8. The van der Waals surface area contributed by atoms with E-state index in [4.69, 9.17) is 14.8 Å². The number of hydrogen-bond acceptors (Lipinski definition) is 4. The molecule has 0 bridgehead atoms. The fourth-order valence-electron chi connectivity index (χ4n) is 1.26. The molecule has 0 fully saturated rings. The van der Waals surface area contributed by atoms with Crippen molar-refractivity contribution in [3.05, 3.63) is 23.8 Å². The van der Waals surface area contributed by atoms with Crippen LogP contribution in [0, 0.1) is 6.92 Å². The molecule has 1 aromatic carbocycles. The van der Waals surface area contributed by atoms with Gasteiger partial charge >= 0.3 is 13.3 Å². The summed E-state index contributed by atoms with van der Waals surface area (Å²) in [5.41, 5.74) is 0.840. The summed E-state index contributed by atoms with van der Waals surface area (Å²) >= 11 is 0. The quantitative estimate of drug-likeness (QED) is 0.464. The Kier molecular flexibility index (Phi) is 5.00. The highest BCUT2D eigenvalue weighted by molar-refractivity contribution is 6.58. The van der Waals surface area contributed by atoms with E-state index in [0.717, 1.165) is 0 Å². The molecule has 2 N–H and O–H groups in total. The monoisotopic (exact) mass is 264 g/mol. The highest BCUT2D eigenvalue weighted by Gasteiger charge is 2.27. The van der Waals surface area contributed by atoms with Crippen LogP contribution in [0.4, 0.5) is 13.2 Å². The lowest BCUT2D eigenvalue weighted by Crippen LogP contribution is -2.29. The maximum Gasteiger partial charge on any atom is 0.488 e. The normalized spacial score (nSPS) is 11.4. The molecule has 0 unspecified atom stereocenters. The number of rotatable bonds is 5. The summed E-state index contributed by atoms with van der Waals surface area (Å²) in [5.74, 6) is 0.321. The Bertz CT molecular complexity index is 395. The third kappa shape index (κ3) is 4.95. The largest absolute Gasteiger partial charge is 0.488 e. The molecule has 0 aromatic heterocycles. The highest BCUT2D eigenvalue weighted by Crippen LogP contribution is 2.17. The SMILES string of the molecule is Cc1cc(B(O)O)ccc1OCOCC(F)(F)F. The van der Waals surface area contributed by atoms with E-state index in [0.29, 0.717) is 11.3 Å². The molecule has 0 aliphatic rings. The van der Waals surface area contributed by atoms with Gasteiger partial charge in [0.1, 0.15) is 12.4 Å². The van der Waals surface area contributed by atoms with E-state index >= 15 is 0 Å². The van der Waals surface area contributed by atoms with Crippen LogP contribution in [0.1, 0.15) is 5.56 Å². The molecule has 0 amide bonds. The number of ether oxygens (including phenoxy) is 2. The van der Waals surface area contributed by atoms with Crippen molar-refractivity contribution in [1.29, 1.82) is 0 Å². The Morgan fingerprint density at radius 3 is 2.44 bits per heavy atom. The molecule has 100 valence electrons. The molecule has 0 aliphatic carbocycles. The van der Waals surface area contributed by atoms with E-state index < -0.39 is 26.7 Å². The molecule has 8 heteroatoms. The molecular formula is C10H12BF3O4. The van der Waals surface area contributed by atoms with Gasteiger partial charge in [0.25, 0.3) is 0 Å². The molecule has 0 atom stereocenters. The second kappa shape index (κ2) is 6.08. The van der Waals surface area contributed by atoms with Crippen LogP contribution in [0.3, 0.4) is 0 Å². The third-order valence-electron chi connectivity index (χ3n) is 2.06. The average Bonchev–Trinajstić information content (AvgIpc) is 2.24. The van der Waals surface area contributed by atoms with Crippen LogP contribution < -0.4 is 10.2 Å². The number of halogens is 3. The number of alkyl halides is 3. The summed E-state index contributed by atoms with van der Waals surface area (Å²) < 4.78 is 44.6. The fraction of sp³-hybridized carbons (Fsp3) is 0.400. The smallest absolute Gasteiger partial charge is 0.467 e. The van der Waals surface area contributed by atoms with E-state index in [1.807, 2.05) is 0 Å². The molecule has 4 nitrogen and oxygen atoms in total. The Morgan fingerprint density at radius 2 is 1.94 bits per heavy atom. The minimum absolute atomic E-state index is 0.274. The molecule has 0 radical (unpaired) electrons. The van der Waals surface area contributed by atoms with Gasteiger partial charge in [-0.25, -0.2) is 0 Å². The van der Waals surface area contributed by atoms with Gasteiger partial charge in [0.2, 0.25) is 0 Å². The standard InChI is InChI=1S/C10H12BF3O4/c1-7-4-8(11(15)16)2-3-9(7)18-6-17-5-10(12,13)14/h2-4,15-16H,5-6H2,1H3. The predicted molar refractivity (Wildman–Crippen MR) is 58.5 cm³/mol. The number of benzene rings is 1. The zero-order chi connectivity index (χ0) is 13.8. The van der Waals surface area contributed by atoms with Crippen LogP contribution >= 0.6 is 0 Å². The minimum Gasteiger partial charge on any atom is -0.467 e. The number of hydrogen-bond donors (Lipinski definition) is 2. The minimum atomic E-state index is -4.39. The van der Waals surface area contributed by atoms with E-state index in [2.05, 4.69) is 4.74 Å². The van der Waals surface area contributed by atoms with Gasteiger partial charge in [0.05, 0.1) is 0 Å². The molecule has 1 rings (SSSR count). The summed E-state index contributed by atoms with van der Waals surface area (Å²) in [6.07, 6.45) is -4.39. The van der Waals surface area contributed by atoms with Crippen molar-refractivity contribution >= 4 is 12.6 Å². The van der Waals surface area contributed by atoms with Gasteiger partial charge in [0, 0.05) is 0 Å². The molecule has 0 heterocycles. The highest BCUT2D eigenvalue weighted by atomic mass is 19.4. The molecule has 0 saturated carbocycles. The molecular weight excluding hydrogens is 252 g/mol. The zero-order valence-corrected chi connectivity index (χ0v) is 9.57. The fourth-order valence-corrected chi connectivity index (χ4v) is 1.26. The maximum absolute atomic E-state index is 11.8. The van der Waals surface area contributed by atoms with Crippen LogP contribution in [0.2, 0.25) is 0 Å². The van der Waals surface area contributed by atoms with Gasteiger partial charge in [0.15, 0.2) is 6.79 Å². The van der Waals surface area contributed by atoms with Gasteiger partial charge in [-0.3, -0.25) is 0 Å². The third-order valence-corrected chi connectivity index (χ3v) is 2.06. The Labute approximate surface area is 102 Å². The zero-order valence-electron chi connectivity index (χ0n) is 9.57. The summed E-state index contributed by atoms with van der Waals surface area (Å²) in [6, 6.07) is 4.29. The van der Waals surface area contributed by atoms with Crippen LogP contribution in [0.5, 0.6) is 5.75 Å². The summed E-state index contributed by atoms with van der Waals surface area (Å²) in [5, 5.41) is 17.8. The van der Waals surface area contributed by atoms with E-state index in [9.17, 15) is 13.2 Å². The Hall–Kier alpha value is -1.25. The summed E-state index contributed by atoms with van der Waals surface area (Å²) in [7, 11) is -1.60. The van der Waals surface area contributed by atoms with Crippen molar-refractivity contribution < 1.29 is 32.7 Å². The second-order valence-electron chi connectivity index (χ2n) is 3.62. The van der Waals surface area contributed by atoms with Gasteiger partial charge in [-0.15, -0.1) is 0 Å². The van der Waals surface area contributed by atoms with E-state index in [1.54, 1.807) is 6.92 Å². The van der Waals surface area contributed by atoms with Gasteiger partial charge in [-0.1, -0.05) is 12.1 Å². The first-order valence-electron chi connectivity index (χ1n) is 5.03. The van der Waals surface area contributed by atoms with E-state index in [1.165, 1.54) is 18.2 Å². The van der Waals surface area contributed by atoms with Crippen molar-refractivity contribution in [3.8, 4) is 5.75 Å². The van der Waals surface area contributed by atoms with Crippen LogP contribution in [0.15, 0.2) is 18.2 Å². The molecule has 1 aromatic rings. The molecule has 18 heavy (non-hydrogen) atoms. The lowest BCUT2D eigenvalue weighted by Gasteiger charge is -2.11. The van der Waals surface area contributed by atoms with Gasteiger partial charge in [-0.05, 0) is 24.0 Å². The topological polar surface area (TPSA) is 58.9 Å².